The number of benzene rings is 2. The van der Waals surface area contributed by atoms with E-state index in [1.807, 2.05) is 10.6 Å². The van der Waals surface area contributed by atoms with E-state index in [9.17, 15) is 19.5 Å². The van der Waals surface area contributed by atoms with Crippen LogP contribution in [0.3, 0.4) is 0 Å². The van der Waals surface area contributed by atoms with E-state index in [1.165, 1.54) is 12.1 Å². The number of para-hydroxylation sites is 1. The second-order valence-corrected chi connectivity index (χ2v) is 12.8. The van der Waals surface area contributed by atoms with Gasteiger partial charge < -0.3 is 14.6 Å². The Bertz CT molecular complexity index is 1980. The number of pyridine rings is 1. The molecule has 0 saturated heterocycles. The first-order valence-electron chi connectivity index (χ1n) is 14.2. The zero-order valence-corrected chi connectivity index (χ0v) is 27.0. The molecule has 5 aromatic rings. The van der Waals surface area contributed by atoms with Crippen molar-refractivity contribution in [1.82, 2.24) is 24.5 Å². The fourth-order valence-electron chi connectivity index (χ4n) is 4.75. The van der Waals surface area contributed by atoms with Gasteiger partial charge in [0.15, 0.2) is 0 Å². The van der Waals surface area contributed by atoms with Gasteiger partial charge in [0.25, 0.3) is 0 Å². The lowest BCUT2D eigenvalue weighted by atomic mass is 10.0. The third-order valence-electron chi connectivity index (χ3n) is 6.36. The summed E-state index contributed by atoms with van der Waals surface area (Å²) < 4.78 is 12.5. The van der Waals surface area contributed by atoms with E-state index in [-0.39, 0.29) is 28.5 Å². The van der Waals surface area contributed by atoms with Crippen molar-refractivity contribution in [3.63, 3.8) is 0 Å². The second kappa shape index (κ2) is 11.9. The predicted octanol–water partition coefficient (Wildman–Crippen LogP) is 7.38. The summed E-state index contributed by atoms with van der Waals surface area (Å²) in [5.41, 5.74) is 0.791. The van der Waals surface area contributed by atoms with Crippen LogP contribution in [0.4, 0.5) is 21.4 Å². The lowest BCUT2D eigenvalue weighted by Crippen LogP contribution is -2.29. The van der Waals surface area contributed by atoms with E-state index in [1.54, 1.807) is 78.9 Å². The van der Waals surface area contributed by atoms with Gasteiger partial charge >= 0.3 is 18.2 Å². The maximum absolute atomic E-state index is 12.6. The standard InChI is InChI=1S/C32H32ClN7O6/c1-16-35-26-19(27(41)42)13-17(14-23(26)40(16)22-11-12-34-25-18(22)9-8-10-20(25)33)21-15-24(38-29(43)45-31(2,3)4)37-28(36-21)39-30(44)46-32(5,6)7/h8-15H,1-7H3,(H,41,42)(H2,36,37,38,39,43,44). The van der Waals surface area contributed by atoms with Crippen molar-refractivity contribution in [3.05, 3.63) is 65.1 Å². The zero-order chi connectivity index (χ0) is 33.6. The fraction of sp³-hybridized carbons (Fsp3) is 0.281. The number of imidazole rings is 1. The SMILES string of the molecule is Cc1nc2c(C(=O)O)cc(-c3cc(NC(=O)OC(C)(C)C)nc(NC(=O)OC(C)(C)C)n3)cc2n1-c1ccnc2c(Cl)cccc12. The molecular formula is C32H32ClN7O6. The molecule has 46 heavy (non-hydrogen) atoms. The summed E-state index contributed by atoms with van der Waals surface area (Å²) in [7, 11) is 0. The number of carboxylic acid groups (broad SMARTS) is 1. The number of aromatic carboxylic acids is 1. The van der Waals surface area contributed by atoms with Crippen molar-refractivity contribution < 1.29 is 29.0 Å². The summed E-state index contributed by atoms with van der Waals surface area (Å²) in [5, 5.41) is 16.5. The van der Waals surface area contributed by atoms with Gasteiger partial charge in [-0.05, 0) is 72.7 Å². The summed E-state index contributed by atoms with van der Waals surface area (Å²) in [6.07, 6.45) is -0.00445. The van der Waals surface area contributed by atoms with Crippen LogP contribution in [0.5, 0.6) is 0 Å². The number of hydrogen-bond acceptors (Lipinski definition) is 9. The van der Waals surface area contributed by atoms with Crippen molar-refractivity contribution in [1.29, 1.82) is 0 Å². The molecule has 2 amide bonds. The van der Waals surface area contributed by atoms with Crippen LogP contribution in [-0.4, -0.2) is 59.0 Å². The second-order valence-electron chi connectivity index (χ2n) is 12.4. The van der Waals surface area contributed by atoms with Crippen LogP contribution in [0.25, 0.3) is 38.9 Å². The number of ether oxygens (including phenoxy) is 2. The molecule has 0 aliphatic carbocycles. The van der Waals surface area contributed by atoms with Gasteiger partial charge in [0.1, 0.15) is 28.4 Å². The molecule has 0 radical (unpaired) electrons. The van der Waals surface area contributed by atoms with Crippen LogP contribution >= 0.6 is 11.6 Å². The molecule has 3 N–H and O–H groups in total. The normalized spacial score (nSPS) is 11.8. The Hall–Kier alpha value is -5.30. The average molecular weight is 646 g/mol. The molecule has 0 fully saturated rings. The van der Waals surface area contributed by atoms with Crippen LogP contribution in [-0.2, 0) is 9.47 Å². The van der Waals surface area contributed by atoms with E-state index < -0.39 is 29.4 Å². The largest absolute Gasteiger partial charge is 0.478 e. The van der Waals surface area contributed by atoms with Gasteiger partial charge in [0.05, 0.1) is 33.0 Å². The molecule has 0 bridgehead atoms. The van der Waals surface area contributed by atoms with Gasteiger partial charge in [-0.25, -0.2) is 24.4 Å². The Labute approximate surface area is 268 Å². The molecule has 3 aromatic heterocycles. The monoisotopic (exact) mass is 645 g/mol. The minimum Gasteiger partial charge on any atom is -0.478 e. The van der Waals surface area contributed by atoms with Crippen LogP contribution < -0.4 is 10.6 Å². The molecule has 2 aromatic carbocycles. The molecule has 0 unspecified atom stereocenters. The van der Waals surface area contributed by atoms with Crippen molar-refractivity contribution in [3.8, 4) is 16.9 Å². The molecule has 0 aliphatic heterocycles. The van der Waals surface area contributed by atoms with Gasteiger partial charge in [-0.3, -0.25) is 20.2 Å². The molecule has 14 heteroatoms. The highest BCUT2D eigenvalue weighted by atomic mass is 35.5. The van der Waals surface area contributed by atoms with Gasteiger partial charge in [-0.1, -0.05) is 23.7 Å². The van der Waals surface area contributed by atoms with Gasteiger partial charge in [-0.15, -0.1) is 0 Å². The number of halogens is 1. The van der Waals surface area contributed by atoms with Gasteiger partial charge in [0.2, 0.25) is 5.95 Å². The van der Waals surface area contributed by atoms with Crippen LogP contribution in [0.1, 0.15) is 57.7 Å². The van der Waals surface area contributed by atoms with E-state index in [4.69, 9.17) is 21.1 Å². The topological polar surface area (TPSA) is 170 Å². The number of aromatic nitrogens is 5. The maximum atomic E-state index is 12.6. The van der Waals surface area contributed by atoms with Crippen molar-refractivity contribution in [2.75, 3.05) is 10.6 Å². The molecule has 5 rings (SSSR count). The van der Waals surface area contributed by atoms with Crippen molar-refractivity contribution in [2.45, 2.75) is 59.7 Å². The molecule has 0 atom stereocenters. The number of nitrogens with zero attached hydrogens (tertiary/aromatic N) is 5. The van der Waals surface area contributed by atoms with E-state index in [2.05, 4.69) is 30.6 Å². The molecule has 0 saturated carbocycles. The van der Waals surface area contributed by atoms with Gasteiger partial charge in [-0.2, -0.15) is 4.98 Å². The van der Waals surface area contributed by atoms with E-state index in [0.717, 1.165) is 5.39 Å². The smallest absolute Gasteiger partial charge is 0.414 e. The minimum absolute atomic E-state index is 0.0123. The number of carbonyl (C=O) groups is 3. The molecule has 3 heterocycles. The number of nitrogens with one attached hydrogen (secondary N) is 2. The number of aryl methyl sites for hydroxylation is 1. The number of rotatable bonds is 5. The summed E-state index contributed by atoms with van der Waals surface area (Å²) >= 11 is 6.44. The van der Waals surface area contributed by atoms with E-state index >= 15 is 0 Å². The minimum atomic E-state index is -1.22. The van der Waals surface area contributed by atoms with Crippen molar-refractivity contribution in [2.24, 2.45) is 0 Å². The third-order valence-corrected chi connectivity index (χ3v) is 6.67. The first-order chi connectivity index (χ1) is 21.5. The molecule has 0 aliphatic rings. The first-order valence-corrected chi connectivity index (χ1v) is 14.6. The molecule has 0 spiro atoms. The highest BCUT2D eigenvalue weighted by molar-refractivity contribution is 6.35. The Morgan fingerprint density at radius 1 is 0.870 bits per heavy atom. The Morgan fingerprint density at radius 2 is 1.54 bits per heavy atom. The Balaban J connectivity index is 1.71. The molecule has 238 valence electrons. The highest BCUT2D eigenvalue weighted by Crippen LogP contribution is 2.34. The molecular weight excluding hydrogens is 614 g/mol. The summed E-state index contributed by atoms with van der Waals surface area (Å²) in [6, 6.07) is 11.8. The number of anilines is 2. The first kappa shape index (κ1) is 32.1. The number of carbonyl (C=O) groups excluding carboxylic acids is 2. The predicted molar refractivity (Wildman–Crippen MR) is 174 cm³/mol. The highest BCUT2D eigenvalue weighted by Gasteiger charge is 2.23. The van der Waals surface area contributed by atoms with Crippen LogP contribution in [0.2, 0.25) is 5.02 Å². The maximum Gasteiger partial charge on any atom is 0.414 e. The summed E-state index contributed by atoms with van der Waals surface area (Å²) in [6.45, 7) is 12.0. The number of carboxylic acids is 1. The van der Waals surface area contributed by atoms with Crippen LogP contribution in [0, 0.1) is 6.92 Å². The Morgan fingerprint density at radius 3 is 2.20 bits per heavy atom. The van der Waals surface area contributed by atoms with E-state index in [0.29, 0.717) is 33.1 Å². The average Bonchev–Trinajstić information content (AvgIpc) is 3.25. The third kappa shape index (κ3) is 6.99. The number of amides is 2. The van der Waals surface area contributed by atoms with Gasteiger partial charge in [0, 0.05) is 23.2 Å². The molecule has 13 nitrogen and oxygen atoms in total. The summed E-state index contributed by atoms with van der Waals surface area (Å²) in [5.74, 6) is -0.909. The quantitative estimate of drug-likeness (QED) is 0.175. The number of fused-ring (bicyclic) bond motifs is 2. The summed E-state index contributed by atoms with van der Waals surface area (Å²) in [4.78, 5) is 55.5. The zero-order valence-electron chi connectivity index (χ0n) is 26.2. The lowest BCUT2D eigenvalue weighted by Gasteiger charge is -2.20. The van der Waals surface area contributed by atoms with Crippen LogP contribution in [0.15, 0.2) is 48.7 Å². The number of hydrogen-bond donors (Lipinski definition) is 3. The Kier molecular flexibility index (Phi) is 8.30. The lowest BCUT2D eigenvalue weighted by molar-refractivity contribution is 0.0625. The van der Waals surface area contributed by atoms with Crippen molar-refractivity contribution >= 4 is 63.5 Å². The fourth-order valence-corrected chi connectivity index (χ4v) is 4.97.